The number of carbonyl (C=O) groups is 1. The summed E-state index contributed by atoms with van der Waals surface area (Å²) in [6.45, 7) is 0.762. The van der Waals surface area contributed by atoms with Crippen LogP contribution in [0.4, 0.5) is 0 Å². The zero-order valence-corrected chi connectivity index (χ0v) is 13.1. The van der Waals surface area contributed by atoms with E-state index in [1.54, 1.807) is 11.3 Å². The predicted molar refractivity (Wildman–Crippen MR) is 82.9 cm³/mol. The summed E-state index contributed by atoms with van der Waals surface area (Å²) >= 11 is 1.74. The molecule has 0 atom stereocenters. The topological polar surface area (TPSA) is 46.3 Å². The molecule has 1 saturated carbocycles. The molecule has 1 fully saturated rings. The molecule has 0 aromatic carbocycles. The lowest BCUT2D eigenvalue weighted by Crippen LogP contribution is -2.55. The number of nitrogens with zero attached hydrogens (tertiary/aromatic N) is 1. The van der Waals surface area contributed by atoms with Crippen LogP contribution in [-0.4, -0.2) is 29.9 Å². The molecule has 0 bridgehead atoms. The third kappa shape index (κ3) is 4.20. The van der Waals surface area contributed by atoms with Crippen LogP contribution in [0.15, 0.2) is 17.5 Å². The van der Waals surface area contributed by atoms with Crippen molar-refractivity contribution >= 4 is 29.7 Å². The van der Waals surface area contributed by atoms with Gasteiger partial charge in [0, 0.05) is 18.5 Å². The largest absolute Gasteiger partial charge is 0.344 e. The first kappa shape index (κ1) is 16.5. The highest BCUT2D eigenvalue weighted by Gasteiger charge is 2.37. The molecule has 1 aromatic heterocycles. The Morgan fingerprint density at radius 1 is 1.42 bits per heavy atom. The molecule has 0 aliphatic heterocycles. The van der Waals surface area contributed by atoms with Crippen molar-refractivity contribution in [2.24, 2.45) is 5.73 Å². The van der Waals surface area contributed by atoms with Crippen LogP contribution in [0.1, 0.15) is 37.0 Å². The van der Waals surface area contributed by atoms with Crippen molar-refractivity contribution in [2.75, 3.05) is 13.6 Å². The van der Waals surface area contributed by atoms with Crippen molar-refractivity contribution in [1.82, 2.24) is 4.90 Å². The summed E-state index contributed by atoms with van der Waals surface area (Å²) in [5, 5.41) is 2.07. The van der Waals surface area contributed by atoms with E-state index in [0.29, 0.717) is 0 Å². The smallest absolute Gasteiger partial charge is 0.242 e. The third-order valence-corrected chi connectivity index (χ3v) is 4.73. The first-order chi connectivity index (χ1) is 8.62. The number of likely N-dealkylation sites (N-methyl/N-ethyl adjacent to an activating group) is 1. The molecule has 1 amide bonds. The van der Waals surface area contributed by atoms with Gasteiger partial charge in [0.1, 0.15) is 0 Å². The minimum Gasteiger partial charge on any atom is -0.344 e. The second-order valence-electron chi connectivity index (χ2n) is 5.27. The van der Waals surface area contributed by atoms with Gasteiger partial charge >= 0.3 is 0 Å². The predicted octanol–water partition coefficient (Wildman–Crippen LogP) is 2.83. The first-order valence-corrected chi connectivity index (χ1v) is 7.57. The number of thiophene rings is 1. The number of carbonyl (C=O) groups excluding carboxylic acids is 1. The van der Waals surface area contributed by atoms with Gasteiger partial charge in [-0.3, -0.25) is 4.79 Å². The lowest BCUT2D eigenvalue weighted by atomic mass is 9.81. The van der Waals surface area contributed by atoms with Crippen LogP contribution in [-0.2, 0) is 11.2 Å². The van der Waals surface area contributed by atoms with Crippen LogP contribution < -0.4 is 5.73 Å². The summed E-state index contributed by atoms with van der Waals surface area (Å²) in [6, 6.07) is 4.16. The van der Waals surface area contributed by atoms with Gasteiger partial charge in [0.25, 0.3) is 0 Å². The van der Waals surface area contributed by atoms with Crippen LogP contribution in [0, 0.1) is 0 Å². The Hall–Kier alpha value is -0.580. The number of hydrogen-bond acceptors (Lipinski definition) is 3. The highest BCUT2D eigenvalue weighted by atomic mass is 35.5. The minimum atomic E-state index is -0.595. The van der Waals surface area contributed by atoms with E-state index in [1.807, 2.05) is 18.0 Å². The molecule has 1 heterocycles. The maximum absolute atomic E-state index is 12.4. The number of rotatable bonds is 4. The number of hydrogen-bond donors (Lipinski definition) is 1. The van der Waals surface area contributed by atoms with Crippen LogP contribution in [0.3, 0.4) is 0 Å². The van der Waals surface area contributed by atoms with Crippen molar-refractivity contribution in [2.45, 2.75) is 44.1 Å². The van der Waals surface area contributed by atoms with Gasteiger partial charge in [-0.1, -0.05) is 25.3 Å². The molecule has 5 heteroatoms. The molecule has 1 aromatic rings. The molecule has 19 heavy (non-hydrogen) atoms. The summed E-state index contributed by atoms with van der Waals surface area (Å²) < 4.78 is 0. The maximum Gasteiger partial charge on any atom is 0.242 e. The Balaban J connectivity index is 0.00000180. The molecule has 2 rings (SSSR count). The average Bonchev–Trinajstić information content (AvgIpc) is 2.89. The summed E-state index contributed by atoms with van der Waals surface area (Å²) in [4.78, 5) is 15.5. The minimum absolute atomic E-state index is 0. The fourth-order valence-corrected chi connectivity index (χ4v) is 3.31. The zero-order valence-electron chi connectivity index (χ0n) is 11.4. The maximum atomic E-state index is 12.4. The highest BCUT2D eigenvalue weighted by molar-refractivity contribution is 7.09. The Morgan fingerprint density at radius 2 is 2.11 bits per heavy atom. The van der Waals surface area contributed by atoms with E-state index in [9.17, 15) is 4.79 Å². The SMILES string of the molecule is CN(CCc1cccs1)C(=O)C1(N)CCCCC1.Cl. The van der Waals surface area contributed by atoms with Gasteiger partial charge < -0.3 is 10.6 Å². The van der Waals surface area contributed by atoms with Crippen LogP contribution >= 0.6 is 23.7 Å². The van der Waals surface area contributed by atoms with Gasteiger partial charge in [0.15, 0.2) is 0 Å². The molecule has 1 aliphatic carbocycles. The Labute approximate surface area is 125 Å². The zero-order chi connectivity index (χ0) is 13.0. The molecular weight excluding hydrogens is 280 g/mol. The van der Waals surface area contributed by atoms with E-state index >= 15 is 0 Å². The number of amides is 1. The van der Waals surface area contributed by atoms with Crippen LogP contribution in [0.5, 0.6) is 0 Å². The fraction of sp³-hybridized carbons (Fsp3) is 0.643. The number of nitrogens with two attached hydrogens (primary N) is 1. The van der Waals surface area contributed by atoms with Gasteiger partial charge in [-0.15, -0.1) is 23.7 Å². The second kappa shape index (κ2) is 7.27. The number of halogens is 1. The van der Waals surface area contributed by atoms with E-state index < -0.39 is 5.54 Å². The average molecular weight is 303 g/mol. The van der Waals surface area contributed by atoms with Crippen molar-refractivity contribution in [3.8, 4) is 0 Å². The molecule has 3 nitrogen and oxygen atoms in total. The Morgan fingerprint density at radius 3 is 2.68 bits per heavy atom. The van der Waals surface area contributed by atoms with Crippen molar-refractivity contribution in [1.29, 1.82) is 0 Å². The first-order valence-electron chi connectivity index (χ1n) is 6.69. The summed E-state index contributed by atoms with van der Waals surface area (Å²) in [5.74, 6) is 0.124. The standard InChI is InChI=1S/C14H22N2OS.ClH/c1-16(10-7-12-6-5-11-18-12)13(17)14(15)8-3-2-4-9-14;/h5-6,11H,2-4,7-10,15H2,1H3;1H. The Bertz CT molecular complexity index is 388. The summed E-state index contributed by atoms with van der Waals surface area (Å²) in [5.41, 5.74) is 5.67. The van der Waals surface area contributed by atoms with Gasteiger partial charge in [0.05, 0.1) is 5.54 Å². The third-order valence-electron chi connectivity index (χ3n) is 3.79. The highest BCUT2D eigenvalue weighted by Crippen LogP contribution is 2.27. The molecule has 0 unspecified atom stereocenters. The summed E-state index contributed by atoms with van der Waals surface area (Å²) in [7, 11) is 1.87. The van der Waals surface area contributed by atoms with Crippen molar-refractivity contribution in [3.05, 3.63) is 22.4 Å². The van der Waals surface area contributed by atoms with E-state index in [4.69, 9.17) is 5.73 Å². The van der Waals surface area contributed by atoms with E-state index in [1.165, 1.54) is 11.3 Å². The van der Waals surface area contributed by atoms with Gasteiger partial charge in [-0.05, 0) is 30.7 Å². The van der Waals surface area contributed by atoms with Gasteiger partial charge in [-0.2, -0.15) is 0 Å². The van der Waals surface area contributed by atoms with E-state index in [2.05, 4.69) is 11.4 Å². The molecular formula is C14H23ClN2OS. The second-order valence-corrected chi connectivity index (χ2v) is 6.31. The van der Waals surface area contributed by atoms with Crippen LogP contribution in [0.2, 0.25) is 0 Å². The molecule has 108 valence electrons. The van der Waals surface area contributed by atoms with E-state index in [0.717, 1.165) is 38.6 Å². The normalized spacial score (nSPS) is 17.6. The van der Waals surface area contributed by atoms with Crippen molar-refractivity contribution < 1.29 is 4.79 Å². The molecule has 1 aliphatic rings. The lowest BCUT2D eigenvalue weighted by Gasteiger charge is -2.35. The quantitative estimate of drug-likeness (QED) is 0.929. The van der Waals surface area contributed by atoms with Crippen molar-refractivity contribution in [3.63, 3.8) is 0 Å². The van der Waals surface area contributed by atoms with Gasteiger partial charge in [-0.25, -0.2) is 0 Å². The Kier molecular flexibility index (Phi) is 6.30. The molecule has 0 radical (unpaired) electrons. The molecule has 2 N–H and O–H groups in total. The monoisotopic (exact) mass is 302 g/mol. The van der Waals surface area contributed by atoms with Crippen LogP contribution in [0.25, 0.3) is 0 Å². The molecule has 0 saturated heterocycles. The van der Waals surface area contributed by atoms with Gasteiger partial charge in [0.2, 0.25) is 5.91 Å². The fourth-order valence-electron chi connectivity index (χ4n) is 2.61. The van der Waals surface area contributed by atoms with E-state index in [-0.39, 0.29) is 18.3 Å². The summed E-state index contributed by atoms with van der Waals surface area (Å²) in [6.07, 6.45) is 5.99. The lowest BCUT2D eigenvalue weighted by molar-refractivity contribution is -0.136. The molecule has 0 spiro atoms.